The van der Waals surface area contributed by atoms with Crippen LogP contribution < -0.4 is 5.56 Å². The quantitative estimate of drug-likeness (QED) is 0.765. The molecule has 2 nitrogen and oxygen atoms in total. The molecule has 0 bridgehead atoms. The smallest absolute Gasteiger partial charge is 0.316 e. The highest BCUT2D eigenvalue weighted by Gasteiger charge is 2.25. The van der Waals surface area contributed by atoms with E-state index >= 15 is 0 Å². The van der Waals surface area contributed by atoms with Crippen molar-refractivity contribution in [1.29, 1.82) is 0 Å². The van der Waals surface area contributed by atoms with Crippen LogP contribution in [0.5, 0.6) is 0 Å². The molecule has 0 fully saturated rings. The van der Waals surface area contributed by atoms with Crippen LogP contribution in [-0.4, -0.2) is 10.7 Å². The van der Waals surface area contributed by atoms with Crippen LogP contribution in [0, 0.1) is 6.92 Å². The summed E-state index contributed by atoms with van der Waals surface area (Å²) in [6, 6.07) is 3.11. The van der Waals surface area contributed by atoms with Crippen LogP contribution in [0.25, 0.3) is 0 Å². The molecule has 0 amide bonds. The zero-order valence-corrected chi connectivity index (χ0v) is 8.34. The molecule has 84 valence electrons. The highest BCUT2D eigenvalue weighted by atomic mass is 19.4. The van der Waals surface area contributed by atoms with E-state index in [9.17, 15) is 18.0 Å². The minimum atomic E-state index is -4.14. The summed E-state index contributed by atoms with van der Waals surface area (Å²) in [5, 5.41) is 0. The van der Waals surface area contributed by atoms with Gasteiger partial charge in [-0.1, -0.05) is 0 Å². The van der Waals surface area contributed by atoms with Gasteiger partial charge < -0.3 is 4.57 Å². The van der Waals surface area contributed by atoms with Crippen LogP contribution in [0.4, 0.5) is 13.2 Å². The average Bonchev–Trinajstić information content (AvgIpc) is 2.07. The molecule has 0 N–H and O–H groups in total. The number of hydrogen-bond acceptors (Lipinski definition) is 1. The van der Waals surface area contributed by atoms with Gasteiger partial charge in [0.15, 0.2) is 0 Å². The lowest BCUT2D eigenvalue weighted by molar-refractivity contribution is -0.135. The van der Waals surface area contributed by atoms with Crippen molar-refractivity contribution in [2.24, 2.45) is 0 Å². The third-order valence-corrected chi connectivity index (χ3v) is 2.01. The Morgan fingerprint density at radius 2 is 2.07 bits per heavy atom. The number of aryl methyl sites for hydroxylation is 2. The van der Waals surface area contributed by atoms with E-state index in [0.29, 0.717) is 0 Å². The Balaban J connectivity index is 2.55. The first kappa shape index (κ1) is 11.8. The summed E-state index contributed by atoms with van der Waals surface area (Å²) in [5.41, 5.74) is 0.559. The molecule has 0 spiro atoms. The summed E-state index contributed by atoms with van der Waals surface area (Å²) in [6.07, 6.45) is -3.54. The van der Waals surface area contributed by atoms with Gasteiger partial charge in [0.2, 0.25) is 0 Å². The van der Waals surface area contributed by atoms with Crippen LogP contribution >= 0.6 is 0 Å². The lowest BCUT2D eigenvalue weighted by atomic mass is 10.2. The topological polar surface area (TPSA) is 22.0 Å². The van der Waals surface area contributed by atoms with Gasteiger partial charge in [0.1, 0.15) is 0 Å². The Bertz CT molecular complexity index is 381. The van der Waals surface area contributed by atoms with Gasteiger partial charge in [-0.2, -0.15) is 13.2 Å². The van der Waals surface area contributed by atoms with Gasteiger partial charge in [-0.25, -0.2) is 0 Å². The molecule has 0 saturated carbocycles. The summed E-state index contributed by atoms with van der Waals surface area (Å²) >= 11 is 0. The van der Waals surface area contributed by atoms with Crippen LogP contribution in [-0.2, 0) is 6.54 Å². The molecule has 0 aromatic carbocycles. The lowest BCUT2D eigenvalue weighted by Crippen LogP contribution is -2.20. The maximum absolute atomic E-state index is 11.8. The normalized spacial score (nSPS) is 11.7. The van der Waals surface area contributed by atoms with Crippen LogP contribution in [0.15, 0.2) is 23.1 Å². The van der Waals surface area contributed by atoms with Crippen LogP contribution in [0.2, 0.25) is 0 Å². The fourth-order valence-electron chi connectivity index (χ4n) is 1.24. The lowest BCUT2D eigenvalue weighted by Gasteiger charge is -2.07. The minimum absolute atomic E-state index is 0.0630. The van der Waals surface area contributed by atoms with E-state index in [1.54, 1.807) is 13.0 Å². The van der Waals surface area contributed by atoms with Gasteiger partial charge >= 0.3 is 6.18 Å². The minimum Gasteiger partial charge on any atom is -0.316 e. The summed E-state index contributed by atoms with van der Waals surface area (Å²) < 4.78 is 36.8. The molecule has 0 aliphatic carbocycles. The Morgan fingerprint density at radius 3 is 2.60 bits per heavy atom. The van der Waals surface area contributed by atoms with Gasteiger partial charge in [-0.15, -0.1) is 0 Å². The molecule has 5 heteroatoms. The Kier molecular flexibility index (Phi) is 3.55. The summed E-state index contributed by atoms with van der Waals surface area (Å²) in [4.78, 5) is 11.3. The molecule has 0 aliphatic rings. The summed E-state index contributed by atoms with van der Waals surface area (Å²) in [5.74, 6) is 0. The van der Waals surface area contributed by atoms with Gasteiger partial charge in [-0.3, -0.25) is 4.79 Å². The maximum Gasteiger partial charge on any atom is 0.389 e. The standard InChI is InChI=1S/C10H12F3NO/c1-8-3-6-14(9(15)7-8)5-2-4-10(11,12)13/h3,6-7H,2,4-5H2,1H3. The van der Waals surface area contributed by atoms with Crippen molar-refractivity contribution in [2.75, 3.05) is 0 Å². The first-order valence-corrected chi connectivity index (χ1v) is 4.62. The molecule has 1 aromatic rings. The summed E-state index contributed by atoms with van der Waals surface area (Å²) in [7, 11) is 0. The molecular formula is C10H12F3NO. The van der Waals surface area contributed by atoms with Crippen LogP contribution in [0.1, 0.15) is 18.4 Å². The third kappa shape index (κ3) is 4.18. The van der Waals surface area contributed by atoms with Gasteiger partial charge in [0.25, 0.3) is 5.56 Å². The largest absolute Gasteiger partial charge is 0.389 e. The average molecular weight is 219 g/mol. The van der Waals surface area contributed by atoms with Crippen molar-refractivity contribution < 1.29 is 13.2 Å². The Hall–Kier alpha value is -1.26. The van der Waals surface area contributed by atoms with E-state index < -0.39 is 12.6 Å². The predicted octanol–water partition coefficient (Wildman–Crippen LogP) is 2.50. The van der Waals surface area contributed by atoms with Crippen molar-refractivity contribution in [1.82, 2.24) is 4.57 Å². The Labute approximate surface area is 85.3 Å². The van der Waals surface area contributed by atoms with E-state index in [1.807, 2.05) is 0 Å². The summed E-state index contributed by atoms with van der Waals surface area (Å²) in [6.45, 7) is 1.88. The number of rotatable bonds is 3. The molecule has 0 atom stereocenters. The number of nitrogens with zero attached hydrogens (tertiary/aromatic N) is 1. The van der Waals surface area contributed by atoms with Gasteiger partial charge in [-0.05, 0) is 25.0 Å². The van der Waals surface area contributed by atoms with E-state index in [1.165, 1.54) is 16.8 Å². The molecule has 0 unspecified atom stereocenters. The van der Waals surface area contributed by atoms with Crippen molar-refractivity contribution in [3.8, 4) is 0 Å². The second kappa shape index (κ2) is 4.51. The molecule has 1 aromatic heterocycles. The third-order valence-electron chi connectivity index (χ3n) is 2.01. The first-order chi connectivity index (χ1) is 6.88. The predicted molar refractivity (Wildman–Crippen MR) is 50.7 cm³/mol. The Morgan fingerprint density at radius 1 is 1.40 bits per heavy atom. The second-order valence-corrected chi connectivity index (χ2v) is 3.45. The zero-order valence-electron chi connectivity index (χ0n) is 8.34. The van der Waals surface area contributed by atoms with Gasteiger partial charge in [0.05, 0.1) is 0 Å². The number of halogens is 3. The zero-order chi connectivity index (χ0) is 11.5. The highest BCUT2D eigenvalue weighted by Crippen LogP contribution is 2.21. The maximum atomic E-state index is 11.8. The fourth-order valence-corrected chi connectivity index (χ4v) is 1.24. The SMILES string of the molecule is Cc1ccn(CCCC(F)(F)F)c(=O)c1. The number of pyridine rings is 1. The van der Waals surface area contributed by atoms with Crippen molar-refractivity contribution in [2.45, 2.75) is 32.5 Å². The van der Waals surface area contributed by atoms with Crippen molar-refractivity contribution in [3.63, 3.8) is 0 Å². The van der Waals surface area contributed by atoms with E-state index in [2.05, 4.69) is 0 Å². The molecule has 0 radical (unpaired) electrons. The first-order valence-electron chi connectivity index (χ1n) is 4.62. The molecule has 1 rings (SSSR count). The number of hydrogen-bond donors (Lipinski definition) is 0. The van der Waals surface area contributed by atoms with Crippen LogP contribution in [0.3, 0.4) is 0 Å². The van der Waals surface area contributed by atoms with E-state index in [-0.39, 0.29) is 18.5 Å². The fraction of sp³-hybridized carbons (Fsp3) is 0.500. The van der Waals surface area contributed by atoms with Gasteiger partial charge in [0, 0.05) is 25.2 Å². The number of aromatic nitrogens is 1. The van der Waals surface area contributed by atoms with E-state index in [0.717, 1.165) is 5.56 Å². The molecule has 0 aliphatic heterocycles. The van der Waals surface area contributed by atoms with E-state index in [4.69, 9.17) is 0 Å². The second-order valence-electron chi connectivity index (χ2n) is 3.45. The van der Waals surface area contributed by atoms with Crippen molar-refractivity contribution in [3.05, 3.63) is 34.2 Å². The molecule has 15 heavy (non-hydrogen) atoms. The highest BCUT2D eigenvalue weighted by molar-refractivity contribution is 5.07. The molecule has 1 heterocycles. The monoisotopic (exact) mass is 219 g/mol. The number of alkyl halides is 3. The molecular weight excluding hydrogens is 207 g/mol. The van der Waals surface area contributed by atoms with Crippen molar-refractivity contribution >= 4 is 0 Å². The molecule has 0 saturated heterocycles.